The van der Waals surface area contributed by atoms with Crippen molar-refractivity contribution in [2.45, 2.75) is 52.0 Å². The van der Waals surface area contributed by atoms with E-state index in [0.717, 1.165) is 43.7 Å². The Kier molecular flexibility index (Phi) is 6.60. The van der Waals surface area contributed by atoms with Crippen molar-refractivity contribution >= 4 is 5.95 Å². The van der Waals surface area contributed by atoms with Gasteiger partial charge in [-0.2, -0.15) is 0 Å². The van der Waals surface area contributed by atoms with Crippen LogP contribution in [0.5, 0.6) is 0 Å². The van der Waals surface area contributed by atoms with Gasteiger partial charge in [0.05, 0.1) is 6.54 Å². The lowest BCUT2D eigenvalue weighted by molar-refractivity contribution is 0.377. The molecule has 4 nitrogen and oxygen atoms in total. The van der Waals surface area contributed by atoms with Crippen LogP contribution in [0.2, 0.25) is 0 Å². The number of hydrogen-bond acceptors (Lipinski definition) is 3. The highest BCUT2D eigenvalue weighted by Crippen LogP contribution is 2.26. The molecule has 1 aliphatic rings. The summed E-state index contributed by atoms with van der Waals surface area (Å²) in [6.07, 6.45) is 7.22. The first-order chi connectivity index (χ1) is 14.3. The molecule has 1 aliphatic heterocycles. The number of aromatic nitrogens is 3. The third-order valence-corrected chi connectivity index (χ3v) is 6.03. The lowest BCUT2D eigenvalue weighted by atomic mass is 9.92. The molecule has 2 heterocycles. The van der Waals surface area contributed by atoms with Gasteiger partial charge in [0.15, 0.2) is 0 Å². The van der Waals surface area contributed by atoms with Gasteiger partial charge < -0.3 is 4.90 Å². The zero-order chi connectivity index (χ0) is 19.9. The van der Waals surface area contributed by atoms with Crippen LogP contribution in [0.3, 0.4) is 0 Å². The molecule has 0 spiro atoms. The highest BCUT2D eigenvalue weighted by Gasteiger charge is 2.24. The molecule has 1 atom stereocenters. The molecular formula is C25H32N4. The van der Waals surface area contributed by atoms with Gasteiger partial charge in [0, 0.05) is 19.5 Å². The van der Waals surface area contributed by atoms with Gasteiger partial charge in [0.25, 0.3) is 0 Å². The van der Waals surface area contributed by atoms with E-state index in [9.17, 15) is 0 Å². The van der Waals surface area contributed by atoms with Gasteiger partial charge in [-0.15, -0.1) is 10.2 Å². The van der Waals surface area contributed by atoms with Crippen LogP contribution in [0.1, 0.15) is 49.6 Å². The second-order valence-electron chi connectivity index (χ2n) is 8.17. The molecule has 4 heteroatoms. The van der Waals surface area contributed by atoms with Crippen LogP contribution in [0, 0.1) is 5.92 Å². The summed E-state index contributed by atoms with van der Waals surface area (Å²) in [5.74, 6) is 2.88. The van der Waals surface area contributed by atoms with Crippen molar-refractivity contribution in [3.05, 3.63) is 77.6 Å². The number of rotatable bonds is 8. The molecule has 0 bridgehead atoms. The normalized spacial score (nSPS) is 16.9. The van der Waals surface area contributed by atoms with Crippen molar-refractivity contribution in [2.24, 2.45) is 5.92 Å². The van der Waals surface area contributed by atoms with E-state index in [1.165, 1.54) is 43.2 Å². The minimum atomic E-state index is 0.749. The average Bonchev–Trinajstić information content (AvgIpc) is 3.18. The fraction of sp³-hybridized carbons (Fsp3) is 0.440. The van der Waals surface area contributed by atoms with Crippen molar-refractivity contribution in [1.82, 2.24) is 14.8 Å². The second-order valence-corrected chi connectivity index (χ2v) is 8.17. The summed E-state index contributed by atoms with van der Waals surface area (Å²) in [7, 11) is 0. The predicted octanol–water partition coefficient (Wildman–Crippen LogP) is 5.13. The molecular weight excluding hydrogens is 356 g/mol. The molecule has 1 saturated heterocycles. The van der Waals surface area contributed by atoms with Gasteiger partial charge in [-0.25, -0.2) is 0 Å². The molecule has 1 aromatic heterocycles. The highest BCUT2D eigenvalue weighted by molar-refractivity contribution is 5.33. The van der Waals surface area contributed by atoms with Crippen LogP contribution in [-0.2, 0) is 19.4 Å². The van der Waals surface area contributed by atoms with E-state index in [4.69, 9.17) is 0 Å². The topological polar surface area (TPSA) is 34.0 Å². The van der Waals surface area contributed by atoms with Crippen LogP contribution in [-0.4, -0.2) is 27.9 Å². The molecule has 152 valence electrons. The maximum absolute atomic E-state index is 4.61. The largest absolute Gasteiger partial charge is 0.341 e. The molecule has 3 aromatic rings. The Labute approximate surface area is 174 Å². The van der Waals surface area contributed by atoms with E-state index in [2.05, 4.69) is 87.3 Å². The maximum Gasteiger partial charge on any atom is 0.227 e. The monoisotopic (exact) mass is 388 g/mol. The summed E-state index contributed by atoms with van der Waals surface area (Å²) in [5, 5.41) is 9.11. The predicted molar refractivity (Wildman–Crippen MR) is 119 cm³/mol. The summed E-state index contributed by atoms with van der Waals surface area (Å²) in [6.45, 7) is 5.21. The van der Waals surface area contributed by atoms with Crippen molar-refractivity contribution in [1.29, 1.82) is 0 Å². The lowest BCUT2D eigenvalue weighted by Crippen LogP contribution is -2.37. The van der Waals surface area contributed by atoms with Crippen LogP contribution >= 0.6 is 0 Å². The summed E-state index contributed by atoms with van der Waals surface area (Å²) < 4.78 is 2.32. The van der Waals surface area contributed by atoms with E-state index in [-0.39, 0.29) is 0 Å². The van der Waals surface area contributed by atoms with Gasteiger partial charge in [0.1, 0.15) is 5.82 Å². The van der Waals surface area contributed by atoms with Crippen molar-refractivity contribution in [2.75, 3.05) is 18.0 Å². The Morgan fingerprint density at radius 2 is 1.66 bits per heavy atom. The smallest absolute Gasteiger partial charge is 0.227 e. The number of hydrogen-bond donors (Lipinski definition) is 0. The van der Waals surface area contributed by atoms with Crippen LogP contribution in [0.15, 0.2) is 60.7 Å². The third-order valence-electron chi connectivity index (χ3n) is 6.03. The average molecular weight is 389 g/mol. The van der Waals surface area contributed by atoms with E-state index in [1.807, 2.05) is 0 Å². The van der Waals surface area contributed by atoms with E-state index >= 15 is 0 Å². The molecule has 0 N–H and O–H groups in total. The molecule has 1 unspecified atom stereocenters. The number of anilines is 1. The molecule has 29 heavy (non-hydrogen) atoms. The fourth-order valence-corrected chi connectivity index (χ4v) is 4.47. The number of aryl methyl sites for hydroxylation is 2. The number of piperidine rings is 1. The summed E-state index contributed by atoms with van der Waals surface area (Å²) >= 11 is 0. The van der Waals surface area contributed by atoms with E-state index in [1.54, 1.807) is 0 Å². The van der Waals surface area contributed by atoms with Gasteiger partial charge in [-0.3, -0.25) is 4.57 Å². The molecule has 1 fully saturated rings. The third kappa shape index (κ3) is 5.06. The van der Waals surface area contributed by atoms with Crippen molar-refractivity contribution < 1.29 is 0 Å². The fourth-order valence-electron chi connectivity index (χ4n) is 4.47. The Bertz CT molecular complexity index is 872. The zero-order valence-corrected chi connectivity index (χ0v) is 17.5. The van der Waals surface area contributed by atoms with Gasteiger partial charge in [0.2, 0.25) is 5.95 Å². The van der Waals surface area contributed by atoms with Gasteiger partial charge in [-0.1, -0.05) is 67.6 Å². The molecule has 0 aliphatic carbocycles. The highest BCUT2D eigenvalue weighted by atomic mass is 15.4. The first-order valence-corrected chi connectivity index (χ1v) is 11.1. The Morgan fingerprint density at radius 3 is 2.38 bits per heavy atom. The van der Waals surface area contributed by atoms with Gasteiger partial charge >= 0.3 is 0 Å². The molecule has 2 aromatic carbocycles. The summed E-state index contributed by atoms with van der Waals surface area (Å²) in [6, 6.07) is 21.5. The Morgan fingerprint density at radius 1 is 0.931 bits per heavy atom. The van der Waals surface area contributed by atoms with Crippen molar-refractivity contribution in [3.63, 3.8) is 0 Å². The zero-order valence-electron chi connectivity index (χ0n) is 17.5. The summed E-state index contributed by atoms with van der Waals surface area (Å²) in [4.78, 5) is 2.48. The number of benzene rings is 2. The standard InChI is InChI=1S/C25H32N4/c1-2-24-26-27-25(29(24)20-23-13-7-4-8-14-23)28-18-10-17-22(19-28)16-9-15-21-11-5-3-6-12-21/h3-8,11-14,22H,2,9-10,15-20H2,1H3. The van der Waals surface area contributed by atoms with E-state index in [0.29, 0.717) is 0 Å². The molecule has 0 amide bonds. The lowest BCUT2D eigenvalue weighted by Gasteiger charge is -2.33. The van der Waals surface area contributed by atoms with E-state index < -0.39 is 0 Å². The first-order valence-electron chi connectivity index (χ1n) is 11.1. The minimum absolute atomic E-state index is 0.749. The van der Waals surface area contributed by atoms with Crippen molar-refractivity contribution in [3.8, 4) is 0 Å². The first kappa shape index (κ1) is 19.7. The van der Waals surface area contributed by atoms with Crippen LogP contribution in [0.25, 0.3) is 0 Å². The van der Waals surface area contributed by atoms with Gasteiger partial charge in [-0.05, 0) is 49.1 Å². The SMILES string of the molecule is CCc1nnc(N2CCCC(CCCc3ccccc3)C2)n1Cc1ccccc1. The summed E-state index contributed by atoms with van der Waals surface area (Å²) in [5.41, 5.74) is 2.76. The molecule has 0 radical (unpaired) electrons. The quantitative estimate of drug-likeness (QED) is 0.536. The second kappa shape index (κ2) is 9.73. The Balaban J connectivity index is 1.40. The Hall–Kier alpha value is -2.62. The van der Waals surface area contributed by atoms with Crippen LogP contribution in [0.4, 0.5) is 5.95 Å². The molecule has 4 rings (SSSR count). The minimum Gasteiger partial charge on any atom is -0.341 e. The van der Waals surface area contributed by atoms with Crippen LogP contribution < -0.4 is 4.90 Å². The maximum atomic E-state index is 4.61. The number of nitrogens with zero attached hydrogens (tertiary/aromatic N) is 4. The molecule has 0 saturated carbocycles.